The number of halogens is 2. The summed E-state index contributed by atoms with van der Waals surface area (Å²) < 4.78 is 2.73. The largest absolute Gasteiger partial charge is 0.324 e. The molecule has 5 atom stereocenters. The van der Waals surface area contributed by atoms with Crippen LogP contribution in [0.1, 0.15) is 26.2 Å². The molecule has 3 aliphatic heterocycles. The Balaban J connectivity index is 1.73. The van der Waals surface area contributed by atoms with Gasteiger partial charge in [0.2, 0.25) is 0 Å². The maximum Gasteiger partial charge on any atom is 0.0295 e. The fraction of sp³-hybridized carbons (Fsp3) is 0.647. The van der Waals surface area contributed by atoms with Crippen LogP contribution in [0.3, 0.4) is 0 Å². The minimum atomic E-state index is 0.217. The fourth-order valence-corrected chi connectivity index (χ4v) is 6.29. The Kier molecular flexibility index (Phi) is 3.72. The minimum Gasteiger partial charge on any atom is -0.324 e. The van der Waals surface area contributed by atoms with Gasteiger partial charge in [-0.2, -0.15) is 0 Å². The molecule has 4 heteroatoms. The maximum atomic E-state index is 6.42. The van der Waals surface area contributed by atoms with E-state index in [4.69, 9.17) is 5.73 Å². The summed E-state index contributed by atoms with van der Waals surface area (Å²) in [5.74, 6) is 2.13. The molecule has 2 aliphatic carbocycles. The molecule has 0 aromatic heterocycles. The number of nitrogens with zero attached hydrogens (tertiary/aromatic N) is 1. The summed E-state index contributed by atoms with van der Waals surface area (Å²) in [6, 6.07) is 0.942. The summed E-state index contributed by atoms with van der Waals surface area (Å²) in [5, 5.41) is 0. The molecule has 5 aliphatic rings. The quantitative estimate of drug-likeness (QED) is 0.651. The zero-order valence-corrected chi connectivity index (χ0v) is 15.5. The van der Waals surface area contributed by atoms with Crippen LogP contribution in [0.25, 0.3) is 0 Å². The van der Waals surface area contributed by atoms with Crippen molar-refractivity contribution in [3.8, 4) is 0 Å². The molecule has 2 saturated heterocycles. The van der Waals surface area contributed by atoms with Crippen molar-refractivity contribution >= 4 is 31.9 Å². The van der Waals surface area contributed by atoms with Crippen molar-refractivity contribution in [3.63, 3.8) is 0 Å². The molecule has 3 heterocycles. The van der Waals surface area contributed by atoms with Gasteiger partial charge in [-0.1, -0.05) is 50.4 Å². The van der Waals surface area contributed by atoms with Gasteiger partial charge in [0.05, 0.1) is 0 Å². The molecule has 5 rings (SSSR count). The molecule has 2 N–H and O–H groups in total. The van der Waals surface area contributed by atoms with Crippen molar-refractivity contribution in [2.24, 2.45) is 23.5 Å². The van der Waals surface area contributed by atoms with Crippen molar-refractivity contribution in [1.29, 1.82) is 0 Å². The number of rotatable bonds is 0. The minimum absolute atomic E-state index is 0.217. The summed E-state index contributed by atoms with van der Waals surface area (Å²) in [4.78, 5) is 2.67. The number of hydrogen-bond donors (Lipinski definition) is 1. The van der Waals surface area contributed by atoms with E-state index >= 15 is 0 Å². The Morgan fingerprint density at radius 3 is 2.95 bits per heavy atom. The molecule has 2 nitrogen and oxygen atoms in total. The predicted octanol–water partition coefficient (Wildman–Crippen LogP) is 3.93. The highest BCUT2D eigenvalue weighted by atomic mass is 79.9. The molecule has 4 bridgehead atoms. The van der Waals surface area contributed by atoms with E-state index in [2.05, 4.69) is 55.8 Å². The lowest BCUT2D eigenvalue weighted by Crippen LogP contribution is -2.61. The summed E-state index contributed by atoms with van der Waals surface area (Å²) in [6.07, 6.45) is 8.15. The Hall–Kier alpha value is 0.1000. The van der Waals surface area contributed by atoms with Crippen LogP contribution < -0.4 is 5.73 Å². The smallest absolute Gasteiger partial charge is 0.0295 e. The summed E-state index contributed by atoms with van der Waals surface area (Å²) in [7, 11) is 0. The summed E-state index contributed by atoms with van der Waals surface area (Å²) in [6.45, 7) is 4.73. The first-order chi connectivity index (χ1) is 10.0. The molecule has 0 saturated carbocycles. The SMILES string of the molecule is CC1[C@@H]2C3C=C(Br)[C@H]1CCC1=CC(Br)=C(C[C@H]1N)CN2C3. The Bertz CT molecular complexity index is 563. The van der Waals surface area contributed by atoms with Crippen LogP contribution in [0.2, 0.25) is 0 Å². The Morgan fingerprint density at radius 2 is 2.14 bits per heavy atom. The monoisotopic (exact) mass is 412 g/mol. The third-order valence-corrected chi connectivity index (χ3v) is 7.58. The van der Waals surface area contributed by atoms with Gasteiger partial charge in [0.25, 0.3) is 0 Å². The standard InChI is InChI=1S/C17H22Br2N2/c1-9-13-3-2-10-4-14(18)11(6-16(10)20)7-21-8-12(17(9)21)5-15(13)19/h4-5,9,12-13,16-17H,2-3,6-8,20H2,1H3/t9?,12?,13-,16+,17+/m0/s1. The van der Waals surface area contributed by atoms with Gasteiger partial charge >= 0.3 is 0 Å². The molecule has 0 aromatic carbocycles. The van der Waals surface area contributed by atoms with E-state index < -0.39 is 0 Å². The molecule has 114 valence electrons. The van der Waals surface area contributed by atoms with Crippen LogP contribution in [0.4, 0.5) is 0 Å². The van der Waals surface area contributed by atoms with Crippen LogP contribution in [0.15, 0.2) is 32.3 Å². The first-order valence-electron chi connectivity index (χ1n) is 7.99. The summed E-state index contributed by atoms with van der Waals surface area (Å²) in [5.41, 5.74) is 9.33. The molecular weight excluding hydrogens is 392 g/mol. The number of hydrogen-bond acceptors (Lipinski definition) is 2. The van der Waals surface area contributed by atoms with Crippen LogP contribution in [-0.2, 0) is 0 Å². The number of fused-ring (bicyclic) bond motifs is 3. The average molecular weight is 414 g/mol. The first-order valence-corrected chi connectivity index (χ1v) is 9.58. The second-order valence-electron chi connectivity index (χ2n) is 7.12. The second-order valence-corrected chi connectivity index (χ2v) is 8.89. The zero-order valence-electron chi connectivity index (χ0n) is 12.4. The van der Waals surface area contributed by atoms with E-state index in [9.17, 15) is 0 Å². The highest BCUT2D eigenvalue weighted by Gasteiger charge is 2.47. The van der Waals surface area contributed by atoms with Crippen LogP contribution in [0.5, 0.6) is 0 Å². The van der Waals surface area contributed by atoms with E-state index in [-0.39, 0.29) is 6.04 Å². The zero-order chi connectivity index (χ0) is 14.7. The van der Waals surface area contributed by atoms with Crippen molar-refractivity contribution in [3.05, 3.63) is 32.3 Å². The maximum absolute atomic E-state index is 6.42. The topological polar surface area (TPSA) is 29.3 Å². The average Bonchev–Trinajstić information content (AvgIpc) is 2.41. The van der Waals surface area contributed by atoms with E-state index in [0.29, 0.717) is 5.92 Å². The first kappa shape index (κ1) is 14.7. The van der Waals surface area contributed by atoms with Crippen molar-refractivity contribution in [1.82, 2.24) is 4.90 Å². The van der Waals surface area contributed by atoms with Gasteiger partial charge in [0.15, 0.2) is 0 Å². The van der Waals surface area contributed by atoms with Gasteiger partial charge < -0.3 is 5.73 Å². The molecular formula is C17H22Br2N2. The van der Waals surface area contributed by atoms with E-state index in [0.717, 1.165) is 37.3 Å². The molecule has 0 amide bonds. The Labute approximate surface area is 143 Å². The summed E-state index contributed by atoms with van der Waals surface area (Å²) >= 11 is 7.64. The molecule has 2 fully saturated rings. The third kappa shape index (κ3) is 2.34. The van der Waals surface area contributed by atoms with Gasteiger partial charge in [-0.05, 0) is 47.2 Å². The second kappa shape index (κ2) is 5.33. The lowest BCUT2D eigenvalue weighted by Gasteiger charge is -2.55. The van der Waals surface area contributed by atoms with Gasteiger partial charge in [-0.25, -0.2) is 0 Å². The fourth-order valence-electron chi connectivity index (χ4n) is 4.73. The van der Waals surface area contributed by atoms with Gasteiger partial charge in [-0.3, -0.25) is 4.90 Å². The van der Waals surface area contributed by atoms with Gasteiger partial charge in [-0.15, -0.1) is 0 Å². The highest BCUT2D eigenvalue weighted by molar-refractivity contribution is 9.12. The molecule has 0 aromatic rings. The van der Waals surface area contributed by atoms with Crippen molar-refractivity contribution in [2.45, 2.75) is 38.3 Å². The lowest BCUT2D eigenvalue weighted by molar-refractivity contribution is -0.00919. The predicted molar refractivity (Wildman–Crippen MR) is 94.4 cm³/mol. The Morgan fingerprint density at radius 1 is 1.33 bits per heavy atom. The number of allylic oxidation sites excluding steroid dienone is 3. The van der Waals surface area contributed by atoms with Crippen molar-refractivity contribution in [2.75, 3.05) is 13.1 Å². The lowest BCUT2D eigenvalue weighted by atomic mass is 9.69. The van der Waals surface area contributed by atoms with Crippen molar-refractivity contribution < 1.29 is 0 Å². The molecule has 21 heavy (non-hydrogen) atoms. The highest BCUT2D eigenvalue weighted by Crippen LogP contribution is 2.48. The van der Waals surface area contributed by atoms with Gasteiger partial charge in [0.1, 0.15) is 0 Å². The van der Waals surface area contributed by atoms with E-state index in [1.54, 1.807) is 0 Å². The van der Waals surface area contributed by atoms with Gasteiger partial charge in [0, 0.05) is 35.6 Å². The number of nitrogens with two attached hydrogens (primary N) is 1. The van der Waals surface area contributed by atoms with Crippen LogP contribution >= 0.6 is 31.9 Å². The van der Waals surface area contributed by atoms with E-state index in [1.807, 2.05) is 0 Å². The van der Waals surface area contributed by atoms with E-state index in [1.165, 1.54) is 33.1 Å². The molecule has 0 spiro atoms. The van der Waals surface area contributed by atoms with Crippen LogP contribution in [-0.4, -0.2) is 30.1 Å². The molecule has 2 unspecified atom stereocenters. The third-order valence-electron chi connectivity index (χ3n) is 5.94. The normalized spacial score (nSPS) is 43.0. The molecule has 0 radical (unpaired) electrons. The van der Waals surface area contributed by atoms with Crippen LogP contribution in [0, 0.1) is 17.8 Å².